The maximum atomic E-state index is 12.8. The van der Waals surface area contributed by atoms with Crippen molar-refractivity contribution in [3.63, 3.8) is 0 Å². The Morgan fingerprint density at radius 1 is 1.42 bits per heavy atom. The molecule has 2 aromatic rings. The lowest BCUT2D eigenvalue weighted by Crippen LogP contribution is -2.32. The number of benzene rings is 1. The van der Waals surface area contributed by atoms with Crippen LogP contribution in [0.15, 0.2) is 33.7 Å². The molecule has 0 spiro atoms. The summed E-state index contributed by atoms with van der Waals surface area (Å²) in [6.45, 7) is 7.01. The summed E-state index contributed by atoms with van der Waals surface area (Å²) in [5.41, 5.74) is 1.02. The number of aryl methyl sites for hydroxylation is 1. The first kappa shape index (κ1) is 17.0. The number of carbonyl (C=O) groups is 1. The number of carbonyl (C=O) groups excluding carboxylic acids is 1. The van der Waals surface area contributed by atoms with E-state index in [1.54, 1.807) is 0 Å². The summed E-state index contributed by atoms with van der Waals surface area (Å²) in [4.78, 5) is 20.2. The zero-order valence-corrected chi connectivity index (χ0v) is 15.2. The monoisotopic (exact) mass is 345 g/mol. The number of rotatable bonds is 4. The first-order valence-electron chi connectivity index (χ1n) is 8.43. The third-order valence-electron chi connectivity index (χ3n) is 4.10. The summed E-state index contributed by atoms with van der Waals surface area (Å²) in [5.74, 6) is 1.58. The lowest BCUT2D eigenvalue weighted by molar-refractivity contribution is -0.118. The summed E-state index contributed by atoms with van der Waals surface area (Å²) < 4.78 is 5.24. The van der Waals surface area contributed by atoms with Gasteiger partial charge in [0.25, 0.3) is 0 Å². The van der Waals surface area contributed by atoms with Crippen LogP contribution >= 0.6 is 11.8 Å². The first-order valence-corrected chi connectivity index (χ1v) is 9.31. The second-order valence-corrected chi connectivity index (χ2v) is 7.91. The molecule has 2 heterocycles. The Balaban J connectivity index is 1.70. The van der Waals surface area contributed by atoms with Gasteiger partial charge in [-0.3, -0.25) is 4.79 Å². The van der Waals surface area contributed by atoms with Gasteiger partial charge < -0.3 is 9.42 Å². The Hall–Kier alpha value is -1.82. The highest BCUT2D eigenvalue weighted by molar-refractivity contribution is 8.00. The van der Waals surface area contributed by atoms with E-state index >= 15 is 0 Å². The number of para-hydroxylation sites is 1. The molecule has 1 amide bonds. The van der Waals surface area contributed by atoms with E-state index < -0.39 is 0 Å². The van der Waals surface area contributed by atoms with Crippen molar-refractivity contribution in [1.82, 2.24) is 10.1 Å². The topological polar surface area (TPSA) is 59.2 Å². The highest BCUT2D eigenvalue weighted by Gasteiger charge is 2.24. The fourth-order valence-corrected chi connectivity index (χ4v) is 3.81. The Labute approximate surface area is 146 Å². The zero-order valence-electron chi connectivity index (χ0n) is 14.4. The van der Waals surface area contributed by atoms with Gasteiger partial charge in [-0.25, -0.2) is 0 Å². The van der Waals surface area contributed by atoms with E-state index in [1.807, 2.05) is 48.7 Å². The van der Waals surface area contributed by atoms with Gasteiger partial charge in [0.2, 0.25) is 11.8 Å². The molecule has 0 N–H and O–H groups in total. The Morgan fingerprint density at radius 3 is 2.96 bits per heavy atom. The lowest BCUT2D eigenvalue weighted by atomic mass is 10.2. The van der Waals surface area contributed by atoms with Crippen LogP contribution in [-0.4, -0.2) is 27.8 Å². The van der Waals surface area contributed by atoms with Gasteiger partial charge in [-0.15, -0.1) is 11.8 Å². The number of anilines is 1. The molecule has 0 aliphatic carbocycles. The van der Waals surface area contributed by atoms with Crippen LogP contribution in [0.25, 0.3) is 0 Å². The number of nitrogens with zero attached hydrogens (tertiary/aromatic N) is 3. The van der Waals surface area contributed by atoms with Crippen molar-refractivity contribution < 1.29 is 9.32 Å². The molecular weight excluding hydrogens is 322 g/mol. The molecular formula is C18H23N3O2S. The molecule has 0 bridgehead atoms. The summed E-state index contributed by atoms with van der Waals surface area (Å²) >= 11 is 1.84. The van der Waals surface area contributed by atoms with Crippen molar-refractivity contribution in [3.05, 3.63) is 36.0 Å². The SMILES string of the molecule is CC1CCN(C(=O)CCc2nc(C(C)C)no2)c2ccccc2S1. The molecule has 3 rings (SSSR count). The average Bonchev–Trinajstić information content (AvgIpc) is 2.97. The van der Waals surface area contributed by atoms with Crippen LogP contribution in [0, 0.1) is 0 Å². The van der Waals surface area contributed by atoms with Gasteiger partial charge in [0.05, 0.1) is 5.69 Å². The summed E-state index contributed by atoms with van der Waals surface area (Å²) in [6, 6.07) is 8.14. The molecule has 1 aliphatic heterocycles. The van der Waals surface area contributed by atoms with Crippen molar-refractivity contribution in [2.24, 2.45) is 0 Å². The molecule has 128 valence electrons. The lowest BCUT2D eigenvalue weighted by Gasteiger charge is -2.22. The smallest absolute Gasteiger partial charge is 0.227 e. The molecule has 0 saturated carbocycles. The van der Waals surface area contributed by atoms with Crippen LogP contribution < -0.4 is 4.90 Å². The highest BCUT2D eigenvalue weighted by Crippen LogP contribution is 2.37. The summed E-state index contributed by atoms with van der Waals surface area (Å²) in [7, 11) is 0. The Morgan fingerprint density at radius 2 is 2.21 bits per heavy atom. The van der Waals surface area contributed by atoms with Crippen LogP contribution in [0.3, 0.4) is 0 Å². The fraction of sp³-hybridized carbons (Fsp3) is 0.500. The molecule has 1 aliphatic rings. The molecule has 0 fully saturated rings. The molecule has 0 saturated heterocycles. The Bertz CT molecular complexity index is 714. The van der Waals surface area contributed by atoms with Crippen LogP contribution in [0.4, 0.5) is 5.69 Å². The van der Waals surface area contributed by atoms with E-state index in [-0.39, 0.29) is 11.8 Å². The summed E-state index contributed by atoms with van der Waals surface area (Å²) in [6.07, 6.45) is 1.86. The van der Waals surface area contributed by atoms with Crippen LogP contribution in [0.5, 0.6) is 0 Å². The second kappa shape index (κ2) is 7.38. The van der Waals surface area contributed by atoms with E-state index in [0.717, 1.165) is 18.7 Å². The predicted octanol–water partition coefficient (Wildman–Crippen LogP) is 4.04. The normalized spacial score (nSPS) is 17.7. The quantitative estimate of drug-likeness (QED) is 0.837. The van der Waals surface area contributed by atoms with Crippen LogP contribution in [-0.2, 0) is 11.2 Å². The maximum Gasteiger partial charge on any atom is 0.227 e. The Kier molecular flexibility index (Phi) is 5.23. The van der Waals surface area contributed by atoms with E-state index in [9.17, 15) is 4.79 Å². The van der Waals surface area contributed by atoms with Gasteiger partial charge in [-0.05, 0) is 18.6 Å². The standard InChI is InChI=1S/C18H23N3O2S/c1-12(2)18-19-16(23-20-18)8-9-17(22)21-11-10-13(3)24-15-7-5-4-6-14(15)21/h4-7,12-13H,8-11H2,1-3H3. The number of thioether (sulfide) groups is 1. The van der Waals surface area contributed by atoms with Crippen LogP contribution in [0.2, 0.25) is 0 Å². The minimum Gasteiger partial charge on any atom is -0.339 e. The van der Waals surface area contributed by atoms with Crippen molar-refractivity contribution in [1.29, 1.82) is 0 Å². The van der Waals surface area contributed by atoms with E-state index in [0.29, 0.717) is 29.8 Å². The molecule has 5 nitrogen and oxygen atoms in total. The first-order chi connectivity index (χ1) is 11.5. The molecule has 6 heteroatoms. The minimum atomic E-state index is 0.112. The number of aromatic nitrogens is 2. The maximum absolute atomic E-state index is 12.8. The van der Waals surface area contributed by atoms with Crippen LogP contribution in [0.1, 0.15) is 51.2 Å². The van der Waals surface area contributed by atoms with Gasteiger partial charge in [0.15, 0.2) is 5.82 Å². The fourth-order valence-electron chi connectivity index (χ4n) is 2.70. The number of fused-ring (bicyclic) bond motifs is 1. The molecule has 0 radical (unpaired) electrons. The largest absolute Gasteiger partial charge is 0.339 e. The van der Waals surface area contributed by atoms with E-state index in [4.69, 9.17) is 4.52 Å². The average molecular weight is 345 g/mol. The van der Waals surface area contributed by atoms with Crippen molar-refractivity contribution >= 4 is 23.4 Å². The number of hydrogen-bond donors (Lipinski definition) is 0. The third kappa shape index (κ3) is 3.80. The van der Waals surface area contributed by atoms with Gasteiger partial charge in [-0.1, -0.05) is 38.1 Å². The highest BCUT2D eigenvalue weighted by atomic mass is 32.2. The molecule has 24 heavy (non-hydrogen) atoms. The molecule has 1 aromatic heterocycles. The molecule has 1 atom stereocenters. The van der Waals surface area contributed by atoms with Gasteiger partial charge in [0.1, 0.15) is 0 Å². The van der Waals surface area contributed by atoms with Crippen molar-refractivity contribution in [2.75, 3.05) is 11.4 Å². The second-order valence-electron chi connectivity index (χ2n) is 6.43. The minimum absolute atomic E-state index is 0.112. The van der Waals surface area contributed by atoms with Gasteiger partial charge in [-0.2, -0.15) is 4.98 Å². The van der Waals surface area contributed by atoms with Gasteiger partial charge >= 0.3 is 0 Å². The van der Waals surface area contributed by atoms with Gasteiger partial charge in [0, 0.05) is 35.4 Å². The van der Waals surface area contributed by atoms with Crippen molar-refractivity contribution in [2.45, 2.75) is 56.1 Å². The number of amides is 1. The predicted molar refractivity (Wildman–Crippen MR) is 95.4 cm³/mol. The third-order valence-corrected chi connectivity index (χ3v) is 5.33. The van der Waals surface area contributed by atoms with E-state index in [2.05, 4.69) is 23.1 Å². The van der Waals surface area contributed by atoms with Crippen molar-refractivity contribution in [3.8, 4) is 0 Å². The molecule has 1 unspecified atom stereocenters. The zero-order chi connectivity index (χ0) is 17.1. The number of hydrogen-bond acceptors (Lipinski definition) is 5. The van der Waals surface area contributed by atoms with E-state index in [1.165, 1.54) is 4.90 Å². The summed E-state index contributed by atoms with van der Waals surface area (Å²) in [5, 5.41) is 4.46. The molecule has 1 aromatic carbocycles.